The average Bonchev–Trinajstić information content (AvgIpc) is 2.97. The number of hydrogen-bond donors (Lipinski definition) is 1. The van der Waals surface area contributed by atoms with E-state index in [9.17, 15) is 9.90 Å². The van der Waals surface area contributed by atoms with Crippen LogP contribution in [0.2, 0.25) is 0 Å². The molecule has 15 heavy (non-hydrogen) atoms. The van der Waals surface area contributed by atoms with Crippen molar-refractivity contribution in [2.24, 2.45) is 5.92 Å². The molecule has 0 saturated heterocycles. The van der Waals surface area contributed by atoms with Gasteiger partial charge in [0, 0.05) is 5.56 Å². The van der Waals surface area contributed by atoms with E-state index >= 15 is 0 Å². The van der Waals surface area contributed by atoms with E-state index in [0.717, 1.165) is 24.0 Å². The number of hydrogen-bond acceptors (Lipinski definition) is 2. The number of aliphatic hydroxyl groups is 1. The van der Waals surface area contributed by atoms with Gasteiger partial charge in [-0.25, -0.2) is 0 Å². The average molecular weight is 204 g/mol. The Balaban J connectivity index is 2.24. The molecule has 0 bridgehead atoms. The number of benzene rings is 1. The van der Waals surface area contributed by atoms with Crippen molar-refractivity contribution in [3.8, 4) is 0 Å². The fraction of sp³-hybridized carbons (Fsp3) is 0.462. The lowest BCUT2D eigenvalue weighted by Crippen LogP contribution is -2.22. The number of ketones is 1. The summed E-state index contributed by atoms with van der Waals surface area (Å²) in [4.78, 5) is 11.9. The summed E-state index contributed by atoms with van der Waals surface area (Å²) < 4.78 is 0. The van der Waals surface area contributed by atoms with Gasteiger partial charge in [-0.3, -0.25) is 4.79 Å². The fourth-order valence-electron chi connectivity index (χ4n) is 1.91. The lowest BCUT2D eigenvalue weighted by molar-refractivity contribution is 0.0704. The topological polar surface area (TPSA) is 37.3 Å². The molecule has 0 amide bonds. The zero-order chi connectivity index (χ0) is 11.0. The fourth-order valence-corrected chi connectivity index (χ4v) is 1.91. The van der Waals surface area contributed by atoms with Gasteiger partial charge >= 0.3 is 0 Å². The molecule has 1 aliphatic carbocycles. The second-order valence-electron chi connectivity index (χ2n) is 4.52. The summed E-state index contributed by atoms with van der Waals surface area (Å²) in [6.07, 6.45) is 1.18. The van der Waals surface area contributed by atoms with Gasteiger partial charge in [0.05, 0.1) is 0 Å². The molecule has 2 nitrogen and oxygen atoms in total. The van der Waals surface area contributed by atoms with Crippen LogP contribution in [0, 0.1) is 19.8 Å². The number of aliphatic hydroxyl groups excluding tert-OH is 1. The number of Topliss-reactive ketones (excluding diaryl/α,β-unsaturated/α-hetero) is 1. The number of rotatable bonds is 3. The van der Waals surface area contributed by atoms with Crippen LogP contribution in [-0.4, -0.2) is 17.0 Å². The normalized spacial score (nSPS) is 17.5. The third-order valence-electron chi connectivity index (χ3n) is 2.84. The molecular weight excluding hydrogens is 188 g/mol. The van der Waals surface area contributed by atoms with Gasteiger partial charge < -0.3 is 5.11 Å². The summed E-state index contributed by atoms with van der Waals surface area (Å²) in [6, 6.07) is 5.72. The quantitative estimate of drug-likeness (QED) is 0.767. The van der Waals surface area contributed by atoms with Crippen molar-refractivity contribution in [3.63, 3.8) is 0 Å². The van der Waals surface area contributed by atoms with E-state index in [1.165, 1.54) is 0 Å². The molecule has 1 aliphatic rings. The predicted octanol–water partition coefficient (Wildman–Crippen LogP) is 2.26. The van der Waals surface area contributed by atoms with Crippen molar-refractivity contribution < 1.29 is 9.90 Å². The first-order valence-electron chi connectivity index (χ1n) is 5.38. The molecule has 1 aromatic rings. The Morgan fingerprint density at radius 2 is 1.80 bits per heavy atom. The van der Waals surface area contributed by atoms with Gasteiger partial charge in [0.1, 0.15) is 6.10 Å². The molecule has 1 fully saturated rings. The minimum atomic E-state index is -0.786. The van der Waals surface area contributed by atoms with E-state index in [4.69, 9.17) is 0 Å². The highest BCUT2D eigenvalue weighted by Gasteiger charge is 2.34. The van der Waals surface area contributed by atoms with E-state index in [1.54, 1.807) is 0 Å². The number of carbonyl (C=O) groups is 1. The van der Waals surface area contributed by atoms with Gasteiger partial charge in [0.2, 0.25) is 0 Å². The van der Waals surface area contributed by atoms with Crippen LogP contribution < -0.4 is 0 Å². The van der Waals surface area contributed by atoms with Crippen molar-refractivity contribution in [3.05, 3.63) is 34.9 Å². The lowest BCUT2D eigenvalue weighted by Gasteiger charge is -2.09. The monoisotopic (exact) mass is 204 g/mol. The zero-order valence-corrected chi connectivity index (χ0v) is 9.16. The number of carbonyl (C=O) groups excluding carboxylic acids is 1. The molecule has 0 aromatic heterocycles. The highest BCUT2D eigenvalue weighted by molar-refractivity contribution is 6.00. The summed E-state index contributed by atoms with van der Waals surface area (Å²) in [5.41, 5.74) is 2.79. The van der Waals surface area contributed by atoms with E-state index < -0.39 is 6.10 Å². The van der Waals surface area contributed by atoms with Crippen molar-refractivity contribution in [1.29, 1.82) is 0 Å². The maximum absolute atomic E-state index is 11.9. The molecule has 1 aromatic carbocycles. The summed E-state index contributed by atoms with van der Waals surface area (Å²) >= 11 is 0. The summed E-state index contributed by atoms with van der Waals surface area (Å²) in [5, 5.41) is 9.74. The zero-order valence-electron chi connectivity index (χ0n) is 9.16. The Morgan fingerprint density at radius 1 is 1.27 bits per heavy atom. The van der Waals surface area contributed by atoms with Crippen LogP contribution in [0.4, 0.5) is 0 Å². The van der Waals surface area contributed by atoms with Crippen LogP contribution in [0.3, 0.4) is 0 Å². The second kappa shape index (κ2) is 3.78. The maximum Gasteiger partial charge on any atom is 0.191 e. The maximum atomic E-state index is 11.9. The molecule has 1 N–H and O–H groups in total. The standard InChI is InChI=1S/C13H16O2/c1-8-5-9(2)7-11(6-8)13(15)12(14)10-3-4-10/h5-7,10,12,14H,3-4H2,1-2H3. The first-order valence-corrected chi connectivity index (χ1v) is 5.38. The van der Waals surface area contributed by atoms with Gasteiger partial charge in [0.15, 0.2) is 5.78 Å². The first kappa shape index (κ1) is 10.4. The Morgan fingerprint density at radius 3 is 2.27 bits per heavy atom. The van der Waals surface area contributed by atoms with Crippen LogP contribution in [0.25, 0.3) is 0 Å². The largest absolute Gasteiger partial charge is 0.385 e. The van der Waals surface area contributed by atoms with Crippen molar-refractivity contribution in [1.82, 2.24) is 0 Å². The van der Waals surface area contributed by atoms with Gasteiger partial charge in [0.25, 0.3) is 0 Å². The molecule has 1 unspecified atom stereocenters. The molecule has 0 radical (unpaired) electrons. The van der Waals surface area contributed by atoms with Crippen LogP contribution in [0.5, 0.6) is 0 Å². The molecule has 0 spiro atoms. The van der Waals surface area contributed by atoms with Crippen LogP contribution >= 0.6 is 0 Å². The third kappa shape index (κ3) is 2.26. The first-order chi connectivity index (χ1) is 7.08. The summed E-state index contributed by atoms with van der Waals surface area (Å²) in [7, 11) is 0. The Bertz CT molecular complexity index is 371. The van der Waals surface area contributed by atoms with E-state index in [-0.39, 0.29) is 11.7 Å². The molecule has 1 saturated carbocycles. The minimum absolute atomic E-state index is 0.121. The van der Waals surface area contributed by atoms with E-state index in [2.05, 4.69) is 0 Å². The smallest absolute Gasteiger partial charge is 0.191 e. The third-order valence-corrected chi connectivity index (χ3v) is 2.84. The molecular formula is C13H16O2. The lowest BCUT2D eigenvalue weighted by atomic mass is 9.99. The molecule has 1 atom stereocenters. The summed E-state index contributed by atoms with van der Waals surface area (Å²) in [5.74, 6) is 0.0858. The molecule has 0 aliphatic heterocycles. The van der Waals surface area contributed by atoms with Crippen LogP contribution in [0.15, 0.2) is 18.2 Å². The SMILES string of the molecule is Cc1cc(C)cc(C(=O)C(O)C2CC2)c1. The molecule has 2 rings (SSSR count). The van der Waals surface area contributed by atoms with Gasteiger partial charge in [-0.15, -0.1) is 0 Å². The Labute approximate surface area is 89.9 Å². The Kier molecular flexibility index (Phi) is 2.61. The molecule has 0 heterocycles. The van der Waals surface area contributed by atoms with Crippen molar-refractivity contribution in [2.45, 2.75) is 32.8 Å². The summed E-state index contributed by atoms with van der Waals surface area (Å²) in [6.45, 7) is 3.93. The van der Waals surface area contributed by atoms with E-state index in [0.29, 0.717) is 5.56 Å². The number of aryl methyl sites for hydroxylation is 2. The van der Waals surface area contributed by atoms with Gasteiger partial charge in [-0.05, 0) is 44.7 Å². The Hall–Kier alpha value is -1.15. The van der Waals surface area contributed by atoms with Crippen LogP contribution in [0.1, 0.15) is 34.3 Å². The van der Waals surface area contributed by atoms with Crippen molar-refractivity contribution >= 4 is 5.78 Å². The van der Waals surface area contributed by atoms with Gasteiger partial charge in [-0.1, -0.05) is 17.2 Å². The minimum Gasteiger partial charge on any atom is -0.385 e. The van der Waals surface area contributed by atoms with E-state index in [1.807, 2.05) is 32.0 Å². The molecule has 2 heteroatoms. The van der Waals surface area contributed by atoms with Crippen molar-refractivity contribution in [2.75, 3.05) is 0 Å². The second-order valence-corrected chi connectivity index (χ2v) is 4.52. The predicted molar refractivity (Wildman–Crippen MR) is 59.0 cm³/mol. The molecule has 80 valence electrons. The highest BCUT2D eigenvalue weighted by atomic mass is 16.3. The highest BCUT2D eigenvalue weighted by Crippen LogP contribution is 2.34. The van der Waals surface area contributed by atoms with Crippen LogP contribution in [-0.2, 0) is 0 Å². The van der Waals surface area contributed by atoms with Gasteiger partial charge in [-0.2, -0.15) is 0 Å².